The first-order valence-electron chi connectivity index (χ1n) is 4.86. The van der Waals surface area contributed by atoms with E-state index in [1.54, 1.807) is 6.07 Å². The van der Waals surface area contributed by atoms with E-state index in [9.17, 15) is 4.21 Å². The lowest BCUT2D eigenvalue weighted by molar-refractivity contribution is 0.641. The van der Waals surface area contributed by atoms with Crippen molar-refractivity contribution in [1.82, 2.24) is 15.3 Å². The number of nitrogens with zero attached hydrogens (tertiary/aromatic N) is 2. The Morgan fingerprint density at radius 3 is 3.06 bits per heavy atom. The highest BCUT2D eigenvalue weighted by molar-refractivity contribution is 7.85. The smallest absolute Gasteiger partial charge is 0.223 e. The molecule has 0 radical (unpaired) electrons. The highest BCUT2D eigenvalue weighted by Crippen LogP contribution is 2.11. The van der Waals surface area contributed by atoms with Crippen molar-refractivity contribution in [1.29, 1.82) is 0 Å². The second kappa shape index (κ2) is 6.49. The molecule has 2 heterocycles. The molecular weight excluding hydrogens is 269 g/mol. The summed E-state index contributed by atoms with van der Waals surface area (Å²) in [6.45, 7) is 1.02. The Morgan fingerprint density at radius 1 is 1.62 bits per heavy atom. The molecule has 4 nitrogen and oxygen atoms in total. The van der Waals surface area contributed by atoms with E-state index in [1.807, 2.05) is 0 Å². The van der Waals surface area contributed by atoms with Gasteiger partial charge in [-0.15, -0.1) is 12.4 Å². The van der Waals surface area contributed by atoms with E-state index in [0.29, 0.717) is 16.8 Å². The summed E-state index contributed by atoms with van der Waals surface area (Å²) in [5, 5.41) is 3.97. The zero-order valence-electron chi connectivity index (χ0n) is 8.56. The molecule has 0 saturated carbocycles. The van der Waals surface area contributed by atoms with E-state index in [-0.39, 0.29) is 17.7 Å². The molecule has 1 aliphatic rings. The van der Waals surface area contributed by atoms with Crippen LogP contribution >= 0.6 is 24.0 Å². The second-order valence-corrected chi connectivity index (χ2v) is 5.25. The molecule has 0 bridgehead atoms. The monoisotopic (exact) mass is 281 g/mol. The largest absolute Gasteiger partial charge is 0.313 e. The van der Waals surface area contributed by atoms with Crippen molar-refractivity contribution in [2.45, 2.75) is 23.9 Å². The van der Waals surface area contributed by atoms with Gasteiger partial charge < -0.3 is 5.32 Å². The van der Waals surface area contributed by atoms with Gasteiger partial charge in [-0.3, -0.25) is 4.21 Å². The number of hydrogen-bond acceptors (Lipinski definition) is 4. The summed E-state index contributed by atoms with van der Waals surface area (Å²) in [4.78, 5) is 7.70. The molecule has 0 aromatic carbocycles. The SMILES string of the molecule is Cl.O=S(CC1CCCN1)c1ccnc(Cl)n1. The lowest BCUT2D eigenvalue weighted by atomic mass is 10.3. The maximum atomic E-state index is 11.9. The van der Waals surface area contributed by atoms with Crippen LogP contribution in [0.1, 0.15) is 12.8 Å². The maximum Gasteiger partial charge on any atom is 0.223 e. The first-order valence-corrected chi connectivity index (χ1v) is 6.56. The summed E-state index contributed by atoms with van der Waals surface area (Å²) in [6.07, 6.45) is 3.78. The van der Waals surface area contributed by atoms with Gasteiger partial charge in [0.15, 0.2) is 0 Å². The molecule has 1 saturated heterocycles. The highest BCUT2D eigenvalue weighted by atomic mass is 35.5. The molecule has 2 atom stereocenters. The zero-order chi connectivity index (χ0) is 10.7. The molecule has 1 aliphatic heterocycles. The van der Waals surface area contributed by atoms with Crippen molar-refractivity contribution in [2.75, 3.05) is 12.3 Å². The van der Waals surface area contributed by atoms with E-state index in [0.717, 1.165) is 19.4 Å². The average molecular weight is 282 g/mol. The predicted octanol–water partition coefficient (Wildman–Crippen LogP) is 1.41. The molecule has 90 valence electrons. The van der Waals surface area contributed by atoms with Crippen LogP contribution in [0, 0.1) is 0 Å². The van der Waals surface area contributed by atoms with Crippen LogP contribution in [0.3, 0.4) is 0 Å². The van der Waals surface area contributed by atoms with Gasteiger partial charge in [-0.05, 0) is 37.1 Å². The number of aromatic nitrogens is 2. The first kappa shape index (κ1) is 13.8. The summed E-state index contributed by atoms with van der Waals surface area (Å²) in [6, 6.07) is 2.00. The highest BCUT2D eigenvalue weighted by Gasteiger charge is 2.18. The molecular formula is C9H13Cl2N3OS. The number of rotatable bonds is 3. The van der Waals surface area contributed by atoms with Crippen molar-refractivity contribution in [3.8, 4) is 0 Å². The summed E-state index contributed by atoms with van der Waals surface area (Å²) in [7, 11) is -1.08. The molecule has 16 heavy (non-hydrogen) atoms. The molecule has 2 rings (SSSR count). The van der Waals surface area contributed by atoms with Crippen LogP contribution in [-0.2, 0) is 10.8 Å². The minimum Gasteiger partial charge on any atom is -0.313 e. The van der Waals surface area contributed by atoms with E-state index < -0.39 is 10.8 Å². The van der Waals surface area contributed by atoms with Gasteiger partial charge in [0.05, 0.1) is 10.8 Å². The maximum absolute atomic E-state index is 11.9. The molecule has 0 aliphatic carbocycles. The van der Waals surface area contributed by atoms with Crippen LogP contribution in [0.4, 0.5) is 0 Å². The van der Waals surface area contributed by atoms with Crippen LogP contribution < -0.4 is 5.32 Å². The van der Waals surface area contributed by atoms with Crippen molar-refractivity contribution in [3.05, 3.63) is 17.5 Å². The Kier molecular flexibility index (Phi) is 5.61. The Bertz CT molecular complexity index is 372. The number of halogens is 2. The minimum atomic E-state index is -1.08. The summed E-state index contributed by atoms with van der Waals surface area (Å²) in [5.41, 5.74) is 0. The summed E-state index contributed by atoms with van der Waals surface area (Å²) < 4.78 is 11.9. The Morgan fingerprint density at radius 2 is 2.44 bits per heavy atom. The first-order chi connectivity index (χ1) is 7.25. The van der Waals surface area contributed by atoms with E-state index in [4.69, 9.17) is 11.6 Å². The summed E-state index contributed by atoms with van der Waals surface area (Å²) >= 11 is 5.63. The van der Waals surface area contributed by atoms with Crippen molar-refractivity contribution in [2.24, 2.45) is 0 Å². The quantitative estimate of drug-likeness (QED) is 0.673. The van der Waals surface area contributed by atoms with Crippen LogP contribution in [0.5, 0.6) is 0 Å². The standard InChI is InChI=1S/C9H12ClN3OS.ClH/c10-9-12-5-3-8(13-9)15(14)6-7-2-1-4-11-7;/h3,5,7,11H,1-2,4,6H2;1H. The lowest BCUT2D eigenvalue weighted by Crippen LogP contribution is -2.27. The fourth-order valence-electron chi connectivity index (χ4n) is 1.61. The van der Waals surface area contributed by atoms with Crippen molar-refractivity contribution < 1.29 is 4.21 Å². The third kappa shape index (κ3) is 3.66. The zero-order valence-corrected chi connectivity index (χ0v) is 10.9. The number of nitrogens with one attached hydrogen (secondary N) is 1. The normalized spacial score (nSPS) is 21.4. The van der Waals surface area contributed by atoms with Gasteiger partial charge in [0.25, 0.3) is 0 Å². The molecule has 2 unspecified atom stereocenters. The molecule has 0 spiro atoms. The van der Waals surface area contributed by atoms with Crippen LogP contribution in [0.2, 0.25) is 5.28 Å². The second-order valence-electron chi connectivity index (χ2n) is 3.47. The molecule has 0 amide bonds. The minimum absolute atomic E-state index is 0. The predicted molar refractivity (Wildman–Crippen MR) is 66.6 cm³/mol. The molecule has 1 aromatic heterocycles. The topological polar surface area (TPSA) is 54.9 Å². The van der Waals surface area contributed by atoms with Crippen LogP contribution in [0.15, 0.2) is 17.3 Å². The Balaban J connectivity index is 0.00000128. The van der Waals surface area contributed by atoms with Gasteiger partial charge in [0.1, 0.15) is 5.03 Å². The van der Waals surface area contributed by atoms with Gasteiger partial charge in [0, 0.05) is 18.0 Å². The Hall–Kier alpha value is -0.230. The summed E-state index contributed by atoms with van der Waals surface area (Å²) in [5.74, 6) is 0.605. The van der Waals surface area contributed by atoms with E-state index in [1.165, 1.54) is 6.20 Å². The van der Waals surface area contributed by atoms with Gasteiger partial charge in [0.2, 0.25) is 5.28 Å². The van der Waals surface area contributed by atoms with Crippen molar-refractivity contribution in [3.63, 3.8) is 0 Å². The van der Waals surface area contributed by atoms with E-state index in [2.05, 4.69) is 15.3 Å². The van der Waals surface area contributed by atoms with Gasteiger partial charge in [-0.1, -0.05) is 0 Å². The molecule has 1 fully saturated rings. The molecule has 7 heteroatoms. The van der Waals surface area contributed by atoms with E-state index >= 15 is 0 Å². The third-order valence-electron chi connectivity index (χ3n) is 2.35. The van der Waals surface area contributed by atoms with Gasteiger partial charge in [-0.2, -0.15) is 0 Å². The van der Waals surface area contributed by atoms with Crippen LogP contribution in [0.25, 0.3) is 0 Å². The van der Waals surface area contributed by atoms with Gasteiger partial charge in [-0.25, -0.2) is 9.97 Å². The molecule has 1 N–H and O–H groups in total. The fraction of sp³-hybridized carbons (Fsp3) is 0.556. The fourth-order valence-corrected chi connectivity index (χ4v) is 3.03. The average Bonchev–Trinajstić information content (AvgIpc) is 2.70. The Labute approximate surface area is 108 Å². The van der Waals surface area contributed by atoms with Gasteiger partial charge >= 0.3 is 0 Å². The van der Waals surface area contributed by atoms with Crippen molar-refractivity contribution >= 4 is 34.8 Å². The lowest BCUT2D eigenvalue weighted by Gasteiger charge is -2.08. The van der Waals surface area contributed by atoms with Crippen LogP contribution in [-0.4, -0.2) is 32.5 Å². The molecule has 1 aromatic rings. The third-order valence-corrected chi connectivity index (χ3v) is 3.93. The number of hydrogen-bond donors (Lipinski definition) is 1.